The number of hydrogen-bond acceptors (Lipinski definition) is 6. The van der Waals surface area contributed by atoms with E-state index in [1.165, 1.54) is 12.1 Å². The Morgan fingerprint density at radius 3 is 2.60 bits per heavy atom. The highest BCUT2D eigenvalue weighted by molar-refractivity contribution is 5.95. The van der Waals surface area contributed by atoms with Crippen molar-refractivity contribution in [3.8, 4) is 11.4 Å². The van der Waals surface area contributed by atoms with Crippen LogP contribution in [0.4, 0.5) is 16.0 Å². The van der Waals surface area contributed by atoms with Crippen LogP contribution in [-0.4, -0.2) is 57.7 Å². The predicted octanol–water partition coefficient (Wildman–Crippen LogP) is 4.56. The molecular formula is C26H26FN5O3. The van der Waals surface area contributed by atoms with Crippen molar-refractivity contribution in [2.24, 2.45) is 0 Å². The summed E-state index contributed by atoms with van der Waals surface area (Å²) in [6.45, 7) is 5.81. The normalized spacial score (nSPS) is 13.9. The number of ether oxygens (including phenoxy) is 2. The fourth-order valence-corrected chi connectivity index (χ4v) is 3.97. The van der Waals surface area contributed by atoms with Gasteiger partial charge in [-0.25, -0.2) is 9.37 Å². The van der Waals surface area contributed by atoms with Gasteiger partial charge in [0, 0.05) is 42.2 Å². The van der Waals surface area contributed by atoms with Crippen LogP contribution in [0.1, 0.15) is 24.2 Å². The molecule has 2 aromatic carbocycles. The minimum absolute atomic E-state index is 0.0500. The van der Waals surface area contributed by atoms with E-state index in [1.807, 2.05) is 44.2 Å². The Hall–Kier alpha value is -3.98. The van der Waals surface area contributed by atoms with Crippen LogP contribution in [0.3, 0.4) is 0 Å². The molecule has 2 aromatic heterocycles. The Morgan fingerprint density at radius 2 is 1.89 bits per heavy atom. The molecule has 1 aliphatic heterocycles. The first-order valence-electron chi connectivity index (χ1n) is 11.5. The molecule has 0 spiro atoms. The molecule has 1 aliphatic rings. The van der Waals surface area contributed by atoms with E-state index >= 15 is 0 Å². The smallest absolute Gasteiger partial charge is 0.256 e. The maximum absolute atomic E-state index is 15.0. The molecule has 1 N–H and O–H groups in total. The van der Waals surface area contributed by atoms with Gasteiger partial charge < -0.3 is 24.3 Å². The zero-order chi connectivity index (χ0) is 24.4. The zero-order valence-electron chi connectivity index (χ0n) is 19.6. The van der Waals surface area contributed by atoms with Crippen molar-refractivity contribution < 1.29 is 18.7 Å². The summed E-state index contributed by atoms with van der Waals surface area (Å²) in [5, 5.41) is 4.00. The lowest BCUT2D eigenvalue weighted by Crippen LogP contribution is -2.41. The molecule has 8 nitrogen and oxygen atoms in total. The number of carbonyl (C=O) groups excluding carboxylic acids is 1. The van der Waals surface area contributed by atoms with Crippen LogP contribution in [0.15, 0.2) is 60.9 Å². The number of benzene rings is 2. The molecule has 0 atom stereocenters. The molecule has 4 aromatic rings. The van der Waals surface area contributed by atoms with Gasteiger partial charge in [-0.1, -0.05) is 0 Å². The molecule has 35 heavy (non-hydrogen) atoms. The second kappa shape index (κ2) is 9.71. The van der Waals surface area contributed by atoms with E-state index in [0.717, 1.165) is 16.8 Å². The van der Waals surface area contributed by atoms with Crippen molar-refractivity contribution in [3.05, 3.63) is 72.3 Å². The van der Waals surface area contributed by atoms with Gasteiger partial charge in [0.2, 0.25) is 5.95 Å². The molecule has 0 unspecified atom stereocenters. The number of rotatable bonds is 6. The highest BCUT2D eigenvalue weighted by atomic mass is 19.1. The molecule has 1 saturated heterocycles. The third kappa shape index (κ3) is 4.95. The van der Waals surface area contributed by atoms with E-state index in [4.69, 9.17) is 9.47 Å². The number of carbonyl (C=O) groups is 1. The van der Waals surface area contributed by atoms with E-state index in [9.17, 15) is 9.18 Å². The molecular weight excluding hydrogens is 449 g/mol. The van der Waals surface area contributed by atoms with Gasteiger partial charge in [0.05, 0.1) is 24.9 Å². The summed E-state index contributed by atoms with van der Waals surface area (Å²) >= 11 is 0. The number of aromatic nitrogens is 3. The van der Waals surface area contributed by atoms with Gasteiger partial charge in [-0.3, -0.25) is 4.79 Å². The summed E-state index contributed by atoms with van der Waals surface area (Å²) in [6.07, 6.45) is 3.62. The molecule has 1 fully saturated rings. The summed E-state index contributed by atoms with van der Waals surface area (Å²) in [5.74, 6) is 0.299. The number of nitrogens with one attached hydrogen (secondary N) is 1. The maximum atomic E-state index is 15.0. The number of fused-ring (bicyclic) bond motifs is 1. The van der Waals surface area contributed by atoms with Crippen LogP contribution in [0.25, 0.3) is 16.7 Å². The lowest BCUT2D eigenvalue weighted by Gasteiger charge is -2.27. The Kier molecular flexibility index (Phi) is 6.33. The van der Waals surface area contributed by atoms with Gasteiger partial charge in [-0.05, 0) is 62.4 Å². The first-order valence-corrected chi connectivity index (χ1v) is 11.5. The number of morpholine rings is 1. The molecule has 180 valence electrons. The van der Waals surface area contributed by atoms with Crippen LogP contribution in [0, 0.1) is 5.82 Å². The summed E-state index contributed by atoms with van der Waals surface area (Å²) in [6, 6.07) is 14.0. The van der Waals surface area contributed by atoms with E-state index in [1.54, 1.807) is 27.9 Å². The van der Waals surface area contributed by atoms with Crippen molar-refractivity contribution in [2.75, 3.05) is 31.6 Å². The quantitative estimate of drug-likeness (QED) is 0.440. The van der Waals surface area contributed by atoms with Gasteiger partial charge in [0.1, 0.15) is 17.2 Å². The third-order valence-electron chi connectivity index (χ3n) is 5.67. The van der Waals surface area contributed by atoms with Gasteiger partial charge in [-0.2, -0.15) is 4.98 Å². The van der Waals surface area contributed by atoms with E-state index in [-0.39, 0.29) is 17.6 Å². The summed E-state index contributed by atoms with van der Waals surface area (Å²) in [4.78, 5) is 23.3. The van der Waals surface area contributed by atoms with Crippen molar-refractivity contribution in [1.29, 1.82) is 0 Å². The molecule has 0 saturated carbocycles. The van der Waals surface area contributed by atoms with Crippen LogP contribution >= 0.6 is 0 Å². The van der Waals surface area contributed by atoms with Gasteiger partial charge in [-0.15, -0.1) is 0 Å². The number of anilines is 2. The number of halogens is 1. The van der Waals surface area contributed by atoms with Gasteiger partial charge in [0.25, 0.3) is 5.91 Å². The topological polar surface area (TPSA) is 81.5 Å². The first kappa shape index (κ1) is 22.8. The van der Waals surface area contributed by atoms with Crippen molar-refractivity contribution in [3.63, 3.8) is 0 Å². The summed E-state index contributed by atoms with van der Waals surface area (Å²) < 4.78 is 27.7. The molecule has 1 amide bonds. The van der Waals surface area contributed by atoms with E-state index in [2.05, 4.69) is 15.3 Å². The highest BCUT2D eigenvalue weighted by Gasteiger charge is 2.22. The molecule has 0 radical (unpaired) electrons. The molecule has 5 rings (SSSR count). The molecule has 0 bridgehead atoms. The zero-order valence-corrected chi connectivity index (χ0v) is 19.6. The second-order valence-corrected chi connectivity index (χ2v) is 8.54. The average molecular weight is 476 g/mol. The molecule has 3 heterocycles. The lowest BCUT2D eigenvalue weighted by atomic mass is 10.1. The average Bonchev–Trinajstić information content (AvgIpc) is 3.28. The minimum Gasteiger partial charge on any atom is -0.491 e. The highest BCUT2D eigenvalue weighted by Crippen LogP contribution is 2.24. The third-order valence-corrected chi connectivity index (χ3v) is 5.67. The SMILES string of the molecule is CC(C)Oc1ccc(Nc2ncc3ccn(-c4ccc(C(=O)N5CCOCC5)c(F)c4)c3n2)cc1. The maximum Gasteiger partial charge on any atom is 0.256 e. The van der Waals surface area contributed by atoms with E-state index in [0.29, 0.717) is 43.6 Å². The molecule has 9 heteroatoms. The van der Waals surface area contributed by atoms with Crippen LogP contribution < -0.4 is 10.1 Å². The van der Waals surface area contributed by atoms with Gasteiger partial charge in [0.15, 0.2) is 0 Å². The van der Waals surface area contributed by atoms with Crippen LogP contribution in [-0.2, 0) is 4.74 Å². The predicted molar refractivity (Wildman–Crippen MR) is 131 cm³/mol. The Morgan fingerprint density at radius 1 is 1.11 bits per heavy atom. The number of hydrogen-bond donors (Lipinski definition) is 1. The second-order valence-electron chi connectivity index (χ2n) is 8.54. The fraction of sp³-hybridized carbons (Fsp3) is 0.269. The summed E-state index contributed by atoms with van der Waals surface area (Å²) in [7, 11) is 0. The largest absolute Gasteiger partial charge is 0.491 e. The Labute approximate surface area is 202 Å². The Bertz CT molecular complexity index is 1350. The van der Waals surface area contributed by atoms with Crippen molar-refractivity contribution >= 4 is 28.6 Å². The minimum atomic E-state index is -0.572. The van der Waals surface area contributed by atoms with Crippen LogP contribution in [0.2, 0.25) is 0 Å². The first-order chi connectivity index (χ1) is 17.0. The van der Waals surface area contributed by atoms with Crippen molar-refractivity contribution in [1.82, 2.24) is 19.4 Å². The van der Waals surface area contributed by atoms with Crippen molar-refractivity contribution in [2.45, 2.75) is 20.0 Å². The monoisotopic (exact) mass is 475 g/mol. The van der Waals surface area contributed by atoms with Gasteiger partial charge >= 0.3 is 0 Å². The number of nitrogens with zero attached hydrogens (tertiary/aromatic N) is 4. The van der Waals surface area contributed by atoms with E-state index < -0.39 is 5.82 Å². The lowest BCUT2D eigenvalue weighted by molar-refractivity contribution is 0.0300. The molecule has 0 aliphatic carbocycles. The van der Waals surface area contributed by atoms with Crippen LogP contribution in [0.5, 0.6) is 5.75 Å². The Balaban J connectivity index is 1.38. The number of amides is 1. The fourth-order valence-electron chi connectivity index (χ4n) is 3.97. The standard InChI is InChI=1S/C26H26FN5O3/c1-17(2)35-21-6-3-19(4-7-21)29-26-28-16-18-9-10-32(24(18)30-26)20-5-8-22(23(27)15-20)25(33)31-11-13-34-14-12-31/h3-10,15-17H,11-14H2,1-2H3,(H,28,29,30). The summed E-state index contributed by atoms with van der Waals surface area (Å²) in [5.41, 5.74) is 2.05.